The molecule has 5 aliphatic rings. The Morgan fingerprint density at radius 1 is 0.902 bits per heavy atom. The Kier molecular flexibility index (Phi) is 6.99. The summed E-state index contributed by atoms with van der Waals surface area (Å²) >= 11 is 0. The molecule has 2 N–H and O–H groups in total. The lowest BCUT2D eigenvalue weighted by Gasteiger charge is -2.72. The average molecular weight is 573 g/mol. The molecule has 0 bridgehead atoms. The van der Waals surface area contributed by atoms with Gasteiger partial charge in [0.15, 0.2) is 0 Å². The van der Waals surface area contributed by atoms with Crippen LogP contribution < -0.4 is 10.4 Å². The second-order valence-corrected chi connectivity index (χ2v) is 16.4. The Morgan fingerprint density at radius 3 is 2.20 bits per heavy atom. The molecule has 1 heterocycles. The van der Waals surface area contributed by atoms with Crippen LogP contribution in [0.15, 0.2) is 0 Å². The number of carbonyl (C=O) groups excluding carboxylic acids is 3. The van der Waals surface area contributed by atoms with E-state index in [9.17, 15) is 29.4 Å². The van der Waals surface area contributed by atoms with E-state index in [4.69, 9.17) is 4.74 Å². The Bertz CT molecular complexity index is 1150. The van der Waals surface area contributed by atoms with Gasteiger partial charge in [-0.1, -0.05) is 41.5 Å². The highest BCUT2D eigenvalue weighted by atomic mass is 16.5. The highest BCUT2D eigenvalue weighted by Crippen LogP contribution is 2.73. The van der Waals surface area contributed by atoms with Gasteiger partial charge in [-0.2, -0.15) is 0 Å². The number of fused-ring (bicyclic) bond motifs is 7. The van der Waals surface area contributed by atoms with E-state index < -0.39 is 23.3 Å². The normalized spacial score (nSPS) is 48.4. The van der Waals surface area contributed by atoms with Crippen molar-refractivity contribution in [2.45, 2.75) is 131 Å². The Labute approximate surface area is 244 Å². The minimum absolute atomic E-state index is 0.0251. The summed E-state index contributed by atoms with van der Waals surface area (Å²) in [5.74, 6) is -2.31. The molecule has 8 nitrogen and oxygen atoms in total. The number of hydrogen-bond acceptors (Lipinski definition) is 6. The van der Waals surface area contributed by atoms with E-state index in [-0.39, 0.29) is 75.7 Å². The number of esters is 1. The molecule has 0 aromatic rings. The molecule has 0 radical (unpaired) electrons. The van der Waals surface area contributed by atoms with Crippen LogP contribution in [-0.4, -0.2) is 41.1 Å². The van der Waals surface area contributed by atoms with Crippen LogP contribution in [0.3, 0.4) is 0 Å². The Hall–Kier alpha value is -2.12. The van der Waals surface area contributed by atoms with Crippen LogP contribution in [0.2, 0.25) is 0 Å². The second kappa shape index (κ2) is 9.44. The summed E-state index contributed by atoms with van der Waals surface area (Å²) in [4.78, 5) is 50.1. The summed E-state index contributed by atoms with van der Waals surface area (Å²) < 4.78 is 5.88. The highest BCUT2D eigenvalue weighted by molar-refractivity contribution is 5.83. The fourth-order valence-corrected chi connectivity index (χ4v) is 11.2. The van der Waals surface area contributed by atoms with Gasteiger partial charge in [0.25, 0.3) is 0 Å². The number of carboxylic acids is 2. The van der Waals surface area contributed by atoms with Crippen LogP contribution in [0.25, 0.3) is 0 Å². The van der Waals surface area contributed by atoms with Crippen LogP contribution >= 0.6 is 0 Å². The van der Waals surface area contributed by atoms with Crippen molar-refractivity contribution in [2.24, 2.45) is 50.2 Å². The third-order valence-corrected chi connectivity index (χ3v) is 14.0. The minimum atomic E-state index is -1.26. The first-order valence-electron chi connectivity index (χ1n) is 15.8. The molecule has 10 atom stereocenters. The highest BCUT2D eigenvalue weighted by Gasteiger charge is 2.72. The molecule has 0 unspecified atom stereocenters. The lowest BCUT2D eigenvalue weighted by atomic mass is 9.34. The Morgan fingerprint density at radius 2 is 1.56 bits per heavy atom. The van der Waals surface area contributed by atoms with Gasteiger partial charge >= 0.3 is 11.9 Å². The molecule has 5 fully saturated rings. The number of rotatable bonds is 5. The summed E-state index contributed by atoms with van der Waals surface area (Å²) in [7, 11) is 0. The van der Waals surface area contributed by atoms with Crippen molar-refractivity contribution in [2.75, 3.05) is 0 Å². The fraction of sp³-hybridized carbons (Fsp3) is 0.879. The number of ether oxygens (including phenoxy) is 1. The predicted molar refractivity (Wildman–Crippen MR) is 150 cm³/mol. The zero-order valence-corrected chi connectivity index (χ0v) is 26.1. The van der Waals surface area contributed by atoms with E-state index in [1.807, 2.05) is 6.92 Å². The fourth-order valence-electron chi connectivity index (χ4n) is 11.2. The molecule has 4 aliphatic carbocycles. The molecule has 41 heavy (non-hydrogen) atoms. The van der Waals surface area contributed by atoms with E-state index in [1.54, 1.807) is 0 Å². The first-order valence-corrected chi connectivity index (χ1v) is 15.8. The summed E-state index contributed by atoms with van der Waals surface area (Å²) in [6.45, 7) is 15.5. The van der Waals surface area contributed by atoms with Crippen molar-refractivity contribution in [3.8, 4) is 0 Å². The standard InChI is InChI=1S/C33H51NO7/c1-28(2)20-10-13-32(6)24(31(20,5)12-11-21(28)41-23(37)9-8-22(35)36)26(38)34-25-19-18-30(4,27(39)40)15-14-29(19,3)16-17-33(25,32)7/h19-21,24-25H,8-18H2,1-7H3,(H,34,38)(H,35,36)(H,39,40)/p-1/t19-,20-,21-,24+,25-,29+,30-,31-,32+,33+/m0/s1. The maximum absolute atomic E-state index is 14.4. The maximum atomic E-state index is 14.4. The van der Waals surface area contributed by atoms with Gasteiger partial charge in [-0.15, -0.1) is 0 Å². The van der Waals surface area contributed by atoms with E-state index in [0.717, 1.165) is 38.5 Å². The topological polar surface area (TPSA) is 133 Å². The number of carboxylic acid groups (broad SMARTS) is 2. The smallest absolute Gasteiger partial charge is 0.309 e. The summed E-state index contributed by atoms with van der Waals surface area (Å²) in [5, 5.41) is 24.5. The minimum Gasteiger partial charge on any atom is -0.550 e. The van der Waals surface area contributed by atoms with Gasteiger partial charge in [-0.3, -0.25) is 14.4 Å². The first-order chi connectivity index (χ1) is 18.8. The summed E-state index contributed by atoms with van der Waals surface area (Å²) in [6.07, 6.45) is 6.55. The van der Waals surface area contributed by atoms with Crippen LogP contribution in [0.4, 0.5) is 0 Å². The largest absolute Gasteiger partial charge is 0.550 e. The predicted octanol–water partition coefficient (Wildman–Crippen LogP) is 4.48. The van der Waals surface area contributed by atoms with Gasteiger partial charge < -0.3 is 25.1 Å². The van der Waals surface area contributed by atoms with Crippen LogP contribution in [0.5, 0.6) is 0 Å². The van der Waals surface area contributed by atoms with E-state index in [1.165, 1.54) is 0 Å². The van der Waals surface area contributed by atoms with Crippen LogP contribution in [0.1, 0.15) is 119 Å². The molecular weight excluding hydrogens is 522 g/mol. The molecule has 4 saturated carbocycles. The van der Waals surface area contributed by atoms with Gasteiger partial charge in [0.05, 0.1) is 11.8 Å². The number of carbonyl (C=O) groups is 4. The van der Waals surface area contributed by atoms with Crippen LogP contribution in [0, 0.1) is 50.2 Å². The summed E-state index contributed by atoms with van der Waals surface area (Å²) in [6, 6.07) is -0.0526. The summed E-state index contributed by atoms with van der Waals surface area (Å²) in [5.41, 5.74) is -1.80. The first kappa shape index (κ1) is 30.3. The van der Waals surface area contributed by atoms with Crippen molar-refractivity contribution in [1.82, 2.24) is 5.32 Å². The molecule has 230 valence electrons. The molecule has 1 aliphatic heterocycles. The van der Waals surface area contributed by atoms with Crippen molar-refractivity contribution < 1.29 is 34.1 Å². The number of nitrogens with one attached hydrogen (secondary N) is 1. The van der Waals surface area contributed by atoms with Crippen molar-refractivity contribution in [3.05, 3.63) is 0 Å². The molecule has 0 aromatic carbocycles. The lowest BCUT2D eigenvalue weighted by Crippen LogP contribution is -2.75. The molecular formula is C33H50NO7-. The molecule has 0 spiro atoms. The van der Waals surface area contributed by atoms with Gasteiger partial charge in [-0.25, -0.2) is 0 Å². The van der Waals surface area contributed by atoms with E-state index >= 15 is 0 Å². The number of piperidine rings is 1. The second-order valence-electron chi connectivity index (χ2n) is 16.4. The zero-order chi connectivity index (χ0) is 30.4. The lowest BCUT2D eigenvalue weighted by molar-refractivity contribution is -0.305. The SMILES string of the molecule is CC1(C)[C@@H](OC(=O)CCC(=O)[O-])CC[C@]2(C)[C@H]3C(=O)N[C@H]4[C@@H]5C[C@@](C)(C(=O)O)CC[C@]5(C)CC[C@@]4(C)[C@]3(C)CC[C@@H]12. The van der Waals surface area contributed by atoms with Gasteiger partial charge in [0, 0.05) is 23.3 Å². The van der Waals surface area contributed by atoms with Crippen molar-refractivity contribution >= 4 is 23.8 Å². The van der Waals surface area contributed by atoms with E-state index in [2.05, 4.69) is 46.9 Å². The van der Waals surface area contributed by atoms with Gasteiger partial charge in [0.1, 0.15) is 6.10 Å². The maximum Gasteiger partial charge on any atom is 0.309 e. The third kappa shape index (κ3) is 4.27. The van der Waals surface area contributed by atoms with Gasteiger partial charge in [-0.05, 0) is 105 Å². The molecule has 8 heteroatoms. The zero-order valence-electron chi connectivity index (χ0n) is 26.1. The monoisotopic (exact) mass is 572 g/mol. The van der Waals surface area contributed by atoms with Gasteiger partial charge in [0.2, 0.25) is 5.91 Å². The average Bonchev–Trinajstić information content (AvgIpc) is 2.86. The number of aliphatic carboxylic acids is 2. The van der Waals surface area contributed by atoms with E-state index in [0.29, 0.717) is 19.3 Å². The third-order valence-electron chi connectivity index (χ3n) is 14.0. The van der Waals surface area contributed by atoms with Crippen LogP contribution in [-0.2, 0) is 23.9 Å². The number of hydrogen-bond donors (Lipinski definition) is 2. The quantitative estimate of drug-likeness (QED) is 0.464. The molecule has 5 rings (SSSR count). The molecule has 1 saturated heterocycles. The number of amides is 1. The van der Waals surface area contributed by atoms with Crippen molar-refractivity contribution in [3.63, 3.8) is 0 Å². The molecule has 1 amide bonds. The molecule has 0 aromatic heterocycles. The Balaban J connectivity index is 1.45. The van der Waals surface area contributed by atoms with Crippen molar-refractivity contribution in [1.29, 1.82) is 0 Å².